The maximum Gasteiger partial charge on any atom is 0.573 e. The van der Waals surface area contributed by atoms with Crippen LogP contribution in [0.25, 0.3) is 0 Å². The molecule has 0 radical (unpaired) electrons. The van der Waals surface area contributed by atoms with Gasteiger partial charge in [0.15, 0.2) is 5.78 Å². The lowest BCUT2D eigenvalue weighted by Crippen LogP contribution is -2.19. The van der Waals surface area contributed by atoms with Gasteiger partial charge >= 0.3 is 6.36 Å². The zero-order valence-corrected chi connectivity index (χ0v) is 8.90. The molecule has 0 aliphatic carbocycles. The molecule has 1 aromatic heterocycles. The van der Waals surface area contributed by atoms with E-state index in [2.05, 4.69) is 4.74 Å². The summed E-state index contributed by atoms with van der Waals surface area (Å²) in [6, 6.07) is 6.52. The van der Waals surface area contributed by atoms with Crippen LogP contribution in [0.1, 0.15) is 15.9 Å². The Kier molecular flexibility index (Phi) is 3.10. The zero-order valence-electron chi connectivity index (χ0n) is 8.90. The average Bonchev–Trinajstić information content (AvgIpc) is 2.80. The number of halogens is 3. The molecule has 0 bridgehead atoms. The molecule has 0 fully saturated rings. The number of hydrogen-bond donors (Lipinski definition) is 0. The largest absolute Gasteiger partial charge is 0.573 e. The number of para-hydroxylation sites is 1. The predicted molar refractivity (Wildman–Crippen MR) is 55.3 cm³/mol. The van der Waals surface area contributed by atoms with Crippen LogP contribution < -0.4 is 4.74 Å². The second-order valence-electron chi connectivity index (χ2n) is 3.39. The van der Waals surface area contributed by atoms with Gasteiger partial charge < -0.3 is 9.15 Å². The molecular formula is C12H7F3O3. The van der Waals surface area contributed by atoms with Crippen molar-refractivity contribution >= 4 is 5.78 Å². The second kappa shape index (κ2) is 4.56. The Bertz CT molecular complexity index is 544. The van der Waals surface area contributed by atoms with Gasteiger partial charge in [-0.2, -0.15) is 0 Å². The van der Waals surface area contributed by atoms with Gasteiger partial charge in [0.25, 0.3) is 0 Å². The van der Waals surface area contributed by atoms with Crippen LogP contribution >= 0.6 is 0 Å². The number of furan rings is 1. The van der Waals surface area contributed by atoms with Crippen LogP contribution in [0.5, 0.6) is 5.75 Å². The Hall–Kier alpha value is -2.24. The third-order valence-electron chi connectivity index (χ3n) is 2.14. The lowest BCUT2D eigenvalue weighted by atomic mass is 10.1. The molecule has 1 aromatic carbocycles. The standard InChI is InChI=1S/C12H7F3O3/c13-12(14,15)18-10-4-2-1-3-9(10)11(16)8-5-6-17-7-8/h1-7H. The van der Waals surface area contributed by atoms with E-state index in [4.69, 9.17) is 4.42 Å². The van der Waals surface area contributed by atoms with E-state index in [1.807, 2.05) is 0 Å². The van der Waals surface area contributed by atoms with Crippen molar-refractivity contribution in [1.82, 2.24) is 0 Å². The molecule has 0 amide bonds. The maximum atomic E-state index is 12.2. The van der Waals surface area contributed by atoms with Crippen LogP contribution in [0.15, 0.2) is 47.3 Å². The van der Waals surface area contributed by atoms with Crippen molar-refractivity contribution in [3.63, 3.8) is 0 Å². The smallest absolute Gasteiger partial charge is 0.472 e. The first kappa shape index (κ1) is 12.2. The van der Waals surface area contributed by atoms with Crippen molar-refractivity contribution in [1.29, 1.82) is 0 Å². The van der Waals surface area contributed by atoms with Gasteiger partial charge in [-0.1, -0.05) is 12.1 Å². The summed E-state index contributed by atoms with van der Waals surface area (Å²) in [6.07, 6.45) is -2.42. The monoisotopic (exact) mass is 256 g/mol. The molecule has 0 spiro atoms. The zero-order chi connectivity index (χ0) is 13.2. The Morgan fingerprint density at radius 2 is 1.89 bits per heavy atom. The number of carbonyl (C=O) groups excluding carboxylic acids is 1. The number of ether oxygens (including phenoxy) is 1. The third kappa shape index (κ3) is 2.71. The van der Waals surface area contributed by atoms with Crippen molar-refractivity contribution in [3.8, 4) is 5.75 Å². The summed E-state index contributed by atoms with van der Waals surface area (Å²) in [4.78, 5) is 11.9. The number of carbonyl (C=O) groups is 1. The first-order chi connectivity index (χ1) is 8.47. The highest BCUT2D eigenvalue weighted by Gasteiger charge is 2.33. The van der Waals surface area contributed by atoms with E-state index in [1.165, 1.54) is 30.5 Å². The summed E-state index contributed by atoms with van der Waals surface area (Å²) in [5, 5.41) is 0. The van der Waals surface area contributed by atoms with Gasteiger partial charge in [-0.3, -0.25) is 4.79 Å². The minimum Gasteiger partial charge on any atom is -0.472 e. The minimum absolute atomic E-state index is 0.160. The molecule has 18 heavy (non-hydrogen) atoms. The molecule has 0 saturated heterocycles. The van der Waals surface area contributed by atoms with Gasteiger partial charge in [-0.25, -0.2) is 0 Å². The Morgan fingerprint density at radius 1 is 1.17 bits per heavy atom. The van der Waals surface area contributed by atoms with Crippen LogP contribution in [0.3, 0.4) is 0 Å². The van der Waals surface area contributed by atoms with Gasteiger partial charge in [-0.15, -0.1) is 13.2 Å². The molecule has 6 heteroatoms. The second-order valence-corrected chi connectivity index (χ2v) is 3.39. The number of rotatable bonds is 3. The van der Waals surface area contributed by atoms with E-state index in [-0.39, 0.29) is 11.1 Å². The van der Waals surface area contributed by atoms with E-state index in [9.17, 15) is 18.0 Å². The van der Waals surface area contributed by atoms with Gasteiger partial charge in [0, 0.05) is 0 Å². The van der Waals surface area contributed by atoms with E-state index in [1.54, 1.807) is 0 Å². The van der Waals surface area contributed by atoms with E-state index in [0.29, 0.717) is 0 Å². The van der Waals surface area contributed by atoms with E-state index < -0.39 is 17.9 Å². The highest BCUT2D eigenvalue weighted by molar-refractivity contribution is 6.10. The van der Waals surface area contributed by atoms with Crippen LogP contribution in [0.4, 0.5) is 13.2 Å². The molecule has 0 unspecified atom stereocenters. The lowest BCUT2D eigenvalue weighted by Gasteiger charge is -2.11. The Labute approximate surface area is 99.8 Å². The van der Waals surface area contributed by atoms with Crippen LogP contribution in [0.2, 0.25) is 0 Å². The quantitative estimate of drug-likeness (QED) is 0.790. The van der Waals surface area contributed by atoms with Crippen molar-refractivity contribution in [2.24, 2.45) is 0 Å². The Morgan fingerprint density at radius 3 is 2.50 bits per heavy atom. The van der Waals surface area contributed by atoms with Gasteiger partial charge in [-0.05, 0) is 18.2 Å². The van der Waals surface area contributed by atoms with Gasteiger partial charge in [0.05, 0.1) is 17.4 Å². The SMILES string of the molecule is O=C(c1ccoc1)c1ccccc1OC(F)(F)F. The van der Waals surface area contributed by atoms with Crippen molar-refractivity contribution in [2.45, 2.75) is 6.36 Å². The number of hydrogen-bond acceptors (Lipinski definition) is 3. The molecule has 0 atom stereocenters. The summed E-state index contributed by atoms with van der Waals surface area (Å²) in [6.45, 7) is 0. The molecule has 94 valence electrons. The first-order valence-corrected chi connectivity index (χ1v) is 4.89. The fourth-order valence-electron chi connectivity index (χ4n) is 1.42. The van der Waals surface area contributed by atoms with E-state index in [0.717, 1.165) is 12.3 Å². The van der Waals surface area contributed by atoms with Crippen molar-refractivity contribution in [3.05, 3.63) is 54.0 Å². The molecule has 2 aromatic rings. The van der Waals surface area contributed by atoms with Crippen LogP contribution in [-0.2, 0) is 0 Å². The lowest BCUT2D eigenvalue weighted by molar-refractivity contribution is -0.274. The summed E-state index contributed by atoms with van der Waals surface area (Å²) >= 11 is 0. The van der Waals surface area contributed by atoms with Crippen LogP contribution in [0, 0.1) is 0 Å². The third-order valence-corrected chi connectivity index (χ3v) is 2.14. The fourth-order valence-corrected chi connectivity index (χ4v) is 1.42. The number of alkyl halides is 3. The molecule has 0 N–H and O–H groups in total. The first-order valence-electron chi connectivity index (χ1n) is 4.89. The molecule has 1 heterocycles. The highest BCUT2D eigenvalue weighted by atomic mass is 19.4. The molecule has 0 saturated carbocycles. The van der Waals surface area contributed by atoms with E-state index >= 15 is 0 Å². The normalized spacial score (nSPS) is 11.3. The Balaban J connectivity index is 2.36. The summed E-state index contributed by atoms with van der Waals surface area (Å²) in [5.74, 6) is -1.13. The summed E-state index contributed by atoms with van der Waals surface area (Å²) in [5.41, 5.74) is -0.00977. The van der Waals surface area contributed by atoms with Gasteiger partial charge in [0.1, 0.15) is 12.0 Å². The minimum atomic E-state index is -4.84. The summed E-state index contributed by atoms with van der Waals surface area (Å²) in [7, 11) is 0. The molecule has 0 aliphatic heterocycles. The maximum absolute atomic E-state index is 12.2. The molecule has 3 nitrogen and oxygen atoms in total. The number of benzene rings is 1. The number of ketones is 1. The topological polar surface area (TPSA) is 39.4 Å². The van der Waals surface area contributed by atoms with Crippen molar-refractivity contribution < 1.29 is 27.1 Å². The molecular weight excluding hydrogens is 249 g/mol. The molecule has 0 aliphatic rings. The van der Waals surface area contributed by atoms with Gasteiger partial charge in [0.2, 0.25) is 0 Å². The van der Waals surface area contributed by atoms with Crippen LogP contribution in [-0.4, -0.2) is 12.1 Å². The predicted octanol–water partition coefficient (Wildman–Crippen LogP) is 3.41. The average molecular weight is 256 g/mol. The fraction of sp³-hybridized carbons (Fsp3) is 0.0833. The van der Waals surface area contributed by atoms with Crippen molar-refractivity contribution in [2.75, 3.05) is 0 Å². The molecule has 2 rings (SSSR count). The highest BCUT2D eigenvalue weighted by Crippen LogP contribution is 2.27. The summed E-state index contributed by atoms with van der Waals surface area (Å²) < 4.78 is 45.0.